The van der Waals surface area contributed by atoms with E-state index >= 15 is 0 Å². The number of H-pyrrole nitrogens is 1. The fourth-order valence-corrected chi connectivity index (χ4v) is 4.93. The van der Waals surface area contributed by atoms with E-state index < -0.39 is 38.1 Å². The number of alkyl halides is 3. The van der Waals surface area contributed by atoms with Crippen molar-refractivity contribution >= 4 is 14.9 Å². The number of nitrogens with zero attached hydrogens (tertiary/aromatic N) is 2. The van der Waals surface area contributed by atoms with Crippen molar-refractivity contribution in [2.24, 2.45) is 5.16 Å². The van der Waals surface area contributed by atoms with Crippen molar-refractivity contribution in [3.05, 3.63) is 11.3 Å². The summed E-state index contributed by atoms with van der Waals surface area (Å²) in [5.41, 5.74) is -2.62. The molecule has 1 atom stereocenters. The molecule has 1 aromatic rings. The molecule has 1 fully saturated rings. The molecule has 1 N–H and O–H groups in total. The molecule has 0 bridgehead atoms. The highest BCUT2D eigenvalue weighted by molar-refractivity contribution is 8.06. The lowest BCUT2D eigenvalue weighted by Gasteiger charge is -2.18. The van der Waals surface area contributed by atoms with E-state index in [9.17, 15) is 21.6 Å². The van der Waals surface area contributed by atoms with Crippen LogP contribution in [0.2, 0.25) is 0 Å². The number of hydrogen-bond donors (Lipinski definition) is 1. The molecule has 2 heterocycles. The number of aromatic nitrogens is 2. The van der Waals surface area contributed by atoms with Gasteiger partial charge in [0.05, 0.1) is 10.8 Å². The van der Waals surface area contributed by atoms with E-state index in [4.69, 9.17) is 9.57 Å². The molecular formula is C16H22F3N3O4S. The Kier molecular flexibility index (Phi) is 4.94. The molecule has 0 spiro atoms. The van der Waals surface area contributed by atoms with Gasteiger partial charge in [-0.05, 0) is 46.5 Å². The van der Waals surface area contributed by atoms with Crippen LogP contribution in [0.1, 0.15) is 69.4 Å². The first-order chi connectivity index (χ1) is 12.4. The summed E-state index contributed by atoms with van der Waals surface area (Å²) in [4.78, 5) is 5.07. The van der Waals surface area contributed by atoms with Crippen LogP contribution in [-0.2, 0) is 20.9 Å². The van der Waals surface area contributed by atoms with Gasteiger partial charge in [-0.3, -0.25) is 0 Å². The molecule has 0 amide bonds. The van der Waals surface area contributed by atoms with E-state index in [0.717, 1.165) is 12.8 Å². The van der Waals surface area contributed by atoms with Gasteiger partial charge >= 0.3 is 6.18 Å². The maximum atomic E-state index is 13.4. The van der Waals surface area contributed by atoms with Gasteiger partial charge in [-0.1, -0.05) is 5.16 Å². The number of ether oxygens (including phenoxy) is 1. The molecule has 2 aliphatic rings. The number of hydrogen-bond acceptors (Lipinski definition) is 6. The summed E-state index contributed by atoms with van der Waals surface area (Å²) in [6, 6.07) is 0. The van der Waals surface area contributed by atoms with Gasteiger partial charge in [-0.15, -0.1) is 0 Å². The van der Waals surface area contributed by atoms with E-state index in [-0.39, 0.29) is 23.4 Å². The molecule has 152 valence electrons. The van der Waals surface area contributed by atoms with Gasteiger partial charge in [-0.25, -0.2) is 13.5 Å². The van der Waals surface area contributed by atoms with E-state index in [1.807, 2.05) is 0 Å². The number of rotatable bonds is 4. The normalized spacial score (nSPS) is 21.8. The monoisotopic (exact) mass is 409 g/mol. The molecule has 1 saturated carbocycles. The van der Waals surface area contributed by atoms with E-state index in [2.05, 4.69) is 15.4 Å². The summed E-state index contributed by atoms with van der Waals surface area (Å²) in [5.74, 6) is -0.246. The number of nitrogens with one attached hydrogen (secondary N) is 1. The maximum absolute atomic E-state index is 13.4. The Morgan fingerprint density at radius 2 is 1.93 bits per heavy atom. The second-order valence-electron chi connectivity index (χ2n) is 7.54. The molecule has 1 aliphatic heterocycles. The van der Waals surface area contributed by atoms with Crippen molar-refractivity contribution in [1.29, 1.82) is 0 Å². The first-order valence-corrected chi connectivity index (χ1v) is 10.3. The lowest BCUT2D eigenvalue weighted by atomic mass is 10.1. The van der Waals surface area contributed by atoms with E-state index in [1.165, 1.54) is 6.92 Å². The van der Waals surface area contributed by atoms with Crippen LogP contribution in [0.5, 0.6) is 5.88 Å². The minimum absolute atomic E-state index is 0.0162. The van der Waals surface area contributed by atoms with Crippen LogP contribution in [-0.4, -0.2) is 35.4 Å². The fraction of sp³-hybridized carbons (Fsp3) is 0.750. The molecular weight excluding hydrogens is 387 g/mol. The second kappa shape index (κ2) is 6.68. The molecule has 3 rings (SSSR count). The SMILES string of the molecule is CC(c1c(C(F)(F)F)n[nH]c1OC1CCCC1)S(=O)(=O)C1=NOC(C)(C)C1. The summed E-state index contributed by atoms with van der Waals surface area (Å²) in [6.45, 7) is 4.49. The van der Waals surface area contributed by atoms with E-state index in [0.29, 0.717) is 12.8 Å². The number of halogens is 3. The standard InChI is InChI=1S/C16H22F3N3O4S/c1-9(27(23,24)11-8-15(2,3)26-22-11)12-13(16(17,18)19)20-21-14(12)25-10-6-4-5-7-10/h9-10H,4-8H2,1-3H3,(H,20,21). The fourth-order valence-electron chi connectivity index (χ4n) is 3.31. The van der Waals surface area contributed by atoms with E-state index in [1.54, 1.807) is 13.8 Å². The smallest absolute Gasteiger partial charge is 0.435 e. The predicted octanol–water partition coefficient (Wildman–Crippen LogP) is 3.74. The Hall–Kier alpha value is -1.78. The molecule has 1 unspecified atom stereocenters. The van der Waals surface area contributed by atoms with Gasteiger partial charge in [0.2, 0.25) is 15.7 Å². The molecule has 11 heteroatoms. The molecule has 1 aliphatic carbocycles. The predicted molar refractivity (Wildman–Crippen MR) is 91.0 cm³/mol. The quantitative estimate of drug-likeness (QED) is 0.818. The van der Waals surface area contributed by atoms with Gasteiger partial charge in [0.1, 0.15) is 11.7 Å². The first-order valence-electron chi connectivity index (χ1n) is 8.73. The van der Waals surface area contributed by atoms with Crippen LogP contribution >= 0.6 is 0 Å². The van der Waals surface area contributed by atoms with Crippen LogP contribution in [0.25, 0.3) is 0 Å². The zero-order valence-corrected chi connectivity index (χ0v) is 16.1. The average molecular weight is 409 g/mol. The van der Waals surface area contributed by atoms with Crippen LogP contribution in [0.15, 0.2) is 5.16 Å². The molecule has 27 heavy (non-hydrogen) atoms. The minimum atomic E-state index is -4.82. The summed E-state index contributed by atoms with van der Waals surface area (Å²) < 4.78 is 71.8. The van der Waals surface area contributed by atoms with Gasteiger partial charge in [0.15, 0.2) is 10.7 Å². The Labute approximate surface area is 155 Å². The van der Waals surface area contributed by atoms with Crippen LogP contribution in [0, 0.1) is 0 Å². The third-order valence-electron chi connectivity index (χ3n) is 4.80. The maximum Gasteiger partial charge on any atom is 0.435 e. The van der Waals surface area contributed by atoms with Crippen molar-refractivity contribution in [2.75, 3.05) is 0 Å². The van der Waals surface area contributed by atoms with Crippen molar-refractivity contribution in [1.82, 2.24) is 10.2 Å². The zero-order valence-electron chi connectivity index (χ0n) is 15.3. The Balaban J connectivity index is 1.99. The number of aromatic amines is 1. The summed E-state index contributed by atoms with van der Waals surface area (Å²) in [7, 11) is -4.19. The lowest BCUT2D eigenvalue weighted by Crippen LogP contribution is -2.26. The third kappa shape index (κ3) is 3.92. The van der Waals surface area contributed by atoms with Crippen LogP contribution in [0.3, 0.4) is 0 Å². The number of oxime groups is 1. The van der Waals surface area contributed by atoms with Crippen molar-refractivity contribution in [3.63, 3.8) is 0 Å². The highest BCUT2D eigenvalue weighted by Gasteiger charge is 2.46. The second-order valence-corrected chi connectivity index (χ2v) is 9.81. The minimum Gasteiger partial charge on any atom is -0.474 e. The topological polar surface area (TPSA) is 93.6 Å². The first kappa shape index (κ1) is 20.0. The summed E-state index contributed by atoms with van der Waals surface area (Å²) in [6.07, 6.45) is -1.86. The summed E-state index contributed by atoms with van der Waals surface area (Å²) in [5, 5.41) is 7.32. The highest BCUT2D eigenvalue weighted by Crippen LogP contribution is 2.42. The molecule has 0 saturated heterocycles. The highest BCUT2D eigenvalue weighted by atomic mass is 32.2. The zero-order chi connectivity index (χ0) is 20.0. The summed E-state index contributed by atoms with van der Waals surface area (Å²) >= 11 is 0. The Morgan fingerprint density at radius 1 is 1.30 bits per heavy atom. The van der Waals surface area contributed by atoms with Crippen LogP contribution in [0.4, 0.5) is 13.2 Å². The Morgan fingerprint density at radius 3 is 2.44 bits per heavy atom. The van der Waals surface area contributed by atoms with Gasteiger partial charge < -0.3 is 9.57 Å². The van der Waals surface area contributed by atoms with Crippen molar-refractivity contribution < 1.29 is 31.2 Å². The molecule has 7 nitrogen and oxygen atoms in total. The third-order valence-corrected chi connectivity index (χ3v) is 6.84. The molecule has 0 aromatic carbocycles. The van der Waals surface area contributed by atoms with Gasteiger partial charge in [0, 0.05) is 6.42 Å². The molecule has 1 aromatic heterocycles. The largest absolute Gasteiger partial charge is 0.474 e. The number of sulfone groups is 1. The van der Waals surface area contributed by atoms with Gasteiger partial charge in [0.25, 0.3) is 0 Å². The average Bonchev–Trinajstić information content (AvgIpc) is 3.26. The van der Waals surface area contributed by atoms with Crippen LogP contribution < -0.4 is 4.74 Å². The van der Waals surface area contributed by atoms with Crippen molar-refractivity contribution in [3.8, 4) is 5.88 Å². The Bertz CT molecular complexity index is 840. The molecule has 0 radical (unpaired) electrons. The van der Waals surface area contributed by atoms with Crippen molar-refractivity contribution in [2.45, 2.75) is 76.0 Å². The lowest BCUT2D eigenvalue weighted by molar-refractivity contribution is -0.141. The van der Waals surface area contributed by atoms with Gasteiger partial charge in [-0.2, -0.15) is 18.3 Å².